The third-order valence-electron chi connectivity index (χ3n) is 7.91. The van der Waals surface area contributed by atoms with Crippen molar-refractivity contribution in [1.82, 2.24) is 14.9 Å². The maximum absolute atomic E-state index is 14.0. The Hall–Kier alpha value is -3.41. The van der Waals surface area contributed by atoms with E-state index in [-0.39, 0.29) is 41.9 Å². The third-order valence-corrected chi connectivity index (χ3v) is 7.91. The Labute approximate surface area is 243 Å². The van der Waals surface area contributed by atoms with Gasteiger partial charge in [0.05, 0.1) is 37.5 Å². The van der Waals surface area contributed by atoms with E-state index in [0.29, 0.717) is 24.6 Å². The minimum absolute atomic E-state index is 0.0409. The van der Waals surface area contributed by atoms with Gasteiger partial charge in [0.2, 0.25) is 17.7 Å². The Morgan fingerprint density at radius 2 is 1.83 bits per heavy atom. The summed E-state index contributed by atoms with van der Waals surface area (Å²) in [6, 6.07) is 2.11. The number of amides is 1. The molecule has 1 aliphatic carbocycles. The van der Waals surface area contributed by atoms with Crippen LogP contribution in [0.15, 0.2) is 30.6 Å². The number of pyridine rings is 2. The number of halogens is 3. The van der Waals surface area contributed by atoms with E-state index in [1.54, 1.807) is 18.3 Å². The molecule has 0 radical (unpaired) electrons. The number of ether oxygens (including phenoxy) is 3. The number of aliphatic carboxylic acids is 1. The Kier molecular flexibility index (Phi) is 9.05. The molecule has 2 fully saturated rings. The number of carboxylic acid groups (broad SMARTS) is 1. The van der Waals surface area contributed by atoms with Gasteiger partial charge in [-0.3, -0.25) is 4.79 Å². The highest BCUT2D eigenvalue weighted by atomic mass is 19.4. The lowest BCUT2D eigenvalue weighted by Gasteiger charge is -2.37. The highest BCUT2D eigenvalue weighted by Gasteiger charge is 2.60. The lowest BCUT2D eigenvalue weighted by atomic mass is 9.73. The van der Waals surface area contributed by atoms with Gasteiger partial charge in [-0.15, -0.1) is 0 Å². The summed E-state index contributed by atoms with van der Waals surface area (Å²) in [7, 11) is 1.29. The van der Waals surface area contributed by atoms with E-state index >= 15 is 0 Å². The Bertz CT molecular complexity index is 1290. The Morgan fingerprint density at radius 3 is 2.36 bits per heavy atom. The summed E-state index contributed by atoms with van der Waals surface area (Å²) in [4.78, 5) is 36.6. The number of hydrogen-bond acceptors (Lipinski definition) is 7. The molecular formula is C30H38F3N3O6. The van der Waals surface area contributed by atoms with E-state index < -0.39 is 47.2 Å². The van der Waals surface area contributed by atoms with Gasteiger partial charge < -0.3 is 24.2 Å². The summed E-state index contributed by atoms with van der Waals surface area (Å²) in [6.07, 6.45) is -1.48. The monoisotopic (exact) mass is 593 g/mol. The number of methoxy groups -OCH3 is 1. The van der Waals surface area contributed by atoms with Crippen LogP contribution in [0.4, 0.5) is 13.2 Å². The summed E-state index contributed by atoms with van der Waals surface area (Å²) in [5.41, 5.74) is -1.16. The molecule has 9 nitrogen and oxygen atoms in total. The minimum Gasteiger partial charge on any atom is -0.481 e. The van der Waals surface area contributed by atoms with Crippen LogP contribution in [0, 0.1) is 17.3 Å². The quantitative estimate of drug-likeness (QED) is 0.396. The number of aromatic nitrogens is 2. The summed E-state index contributed by atoms with van der Waals surface area (Å²) >= 11 is 0. The Balaban J connectivity index is 1.87. The predicted octanol–water partition coefficient (Wildman–Crippen LogP) is 5.68. The van der Waals surface area contributed by atoms with Gasteiger partial charge in [-0.1, -0.05) is 27.2 Å². The average molecular weight is 594 g/mol. The molecule has 2 aromatic heterocycles. The number of hydrogen-bond donors (Lipinski definition) is 1. The van der Waals surface area contributed by atoms with E-state index in [0.717, 1.165) is 12.5 Å². The van der Waals surface area contributed by atoms with Gasteiger partial charge >= 0.3 is 12.1 Å². The predicted molar refractivity (Wildman–Crippen MR) is 146 cm³/mol. The molecule has 1 saturated heterocycles. The first-order valence-electron chi connectivity index (χ1n) is 14.0. The molecule has 3 heterocycles. The summed E-state index contributed by atoms with van der Waals surface area (Å²) in [6.45, 7) is 8.86. The number of carbonyl (C=O) groups is 2. The van der Waals surface area contributed by atoms with Crippen molar-refractivity contribution in [2.75, 3.05) is 7.11 Å². The van der Waals surface area contributed by atoms with Crippen LogP contribution in [0.25, 0.3) is 0 Å². The maximum Gasteiger partial charge on any atom is 0.417 e. The highest BCUT2D eigenvalue weighted by molar-refractivity contribution is 5.87. The van der Waals surface area contributed by atoms with Crippen LogP contribution in [-0.4, -0.2) is 57.2 Å². The molecule has 0 spiro atoms. The van der Waals surface area contributed by atoms with Crippen LogP contribution in [0.1, 0.15) is 76.6 Å². The zero-order chi connectivity index (χ0) is 31.0. The van der Waals surface area contributed by atoms with Crippen LogP contribution in [0.3, 0.4) is 0 Å². The molecular weight excluding hydrogens is 555 g/mol. The summed E-state index contributed by atoms with van der Waals surface area (Å²) in [5, 5.41) is 10.6. The second kappa shape index (κ2) is 12.1. The number of likely N-dealkylation sites (tertiary alicyclic amines) is 1. The molecule has 0 unspecified atom stereocenters. The molecule has 1 amide bonds. The molecule has 1 saturated carbocycles. The van der Waals surface area contributed by atoms with E-state index in [1.165, 1.54) is 12.0 Å². The topological polar surface area (TPSA) is 111 Å². The van der Waals surface area contributed by atoms with Crippen molar-refractivity contribution >= 4 is 11.9 Å². The van der Waals surface area contributed by atoms with E-state index in [1.807, 2.05) is 34.6 Å². The fourth-order valence-corrected chi connectivity index (χ4v) is 5.86. The first-order valence-corrected chi connectivity index (χ1v) is 14.0. The maximum atomic E-state index is 14.0. The molecule has 0 bridgehead atoms. The van der Waals surface area contributed by atoms with Crippen LogP contribution in [0.2, 0.25) is 0 Å². The van der Waals surface area contributed by atoms with Crippen molar-refractivity contribution in [3.63, 3.8) is 0 Å². The van der Waals surface area contributed by atoms with Gasteiger partial charge in [0.25, 0.3) is 0 Å². The molecule has 42 heavy (non-hydrogen) atoms. The van der Waals surface area contributed by atoms with Crippen LogP contribution >= 0.6 is 0 Å². The van der Waals surface area contributed by atoms with Gasteiger partial charge in [-0.25, -0.2) is 14.8 Å². The third kappa shape index (κ3) is 6.33. The largest absolute Gasteiger partial charge is 0.481 e. The fraction of sp³-hybridized carbons (Fsp3) is 0.600. The van der Waals surface area contributed by atoms with Crippen molar-refractivity contribution in [3.8, 4) is 11.8 Å². The second-order valence-electron chi connectivity index (χ2n) is 12.2. The average Bonchev–Trinajstić information content (AvgIpc) is 3.21. The SMILES string of the molecule is COc1ncc(C(F)(F)F)cc1CO[C@H]1[C@H](C(C)(C)C)[C@@H](C(=O)O)N(C(=O)C2CCC2)[C@H]1c1cccnc1OC(C)C. The van der Waals surface area contributed by atoms with Crippen molar-refractivity contribution in [2.24, 2.45) is 17.3 Å². The minimum atomic E-state index is -4.64. The standard InChI is InChI=1S/C30H38F3N3O6/c1-16(2)42-26-20(11-8-12-34-26)22-24(41-15-18-13-19(30(31,32)33)14-35-25(18)40-6)21(29(3,4)5)23(28(38)39)36(22)27(37)17-9-7-10-17/h8,11-14,16-17,21-24H,7,9-10,15H2,1-6H3,(H,38,39)/t21-,22+,23+,24+/m1/s1. The number of carboxylic acids is 1. The van der Waals surface area contributed by atoms with Gasteiger partial charge in [0, 0.05) is 35.4 Å². The highest BCUT2D eigenvalue weighted by Crippen LogP contribution is 2.52. The van der Waals surface area contributed by atoms with Crippen molar-refractivity contribution < 1.29 is 42.1 Å². The smallest absolute Gasteiger partial charge is 0.417 e. The van der Waals surface area contributed by atoms with Crippen molar-refractivity contribution in [2.45, 2.75) is 91.0 Å². The summed E-state index contributed by atoms with van der Waals surface area (Å²) < 4.78 is 58.3. The summed E-state index contributed by atoms with van der Waals surface area (Å²) in [5.74, 6) is -2.38. The second-order valence-corrected chi connectivity index (χ2v) is 12.2. The molecule has 12 heteroatoms. The van der Waals surface area contributed by atoms with E-state index in [2.05, 4.69) is 9.97 Å². The normalized spacial score (nSPS) is 23.1. The first kappa shape index (κ1) is 31.5. The number of alkyl halides is 3. The molecule has 1 N–H and O–H groups in total. The molecule has 230 valence electrons. The zero-order valence-corrected chi connectivity index (χ0v) is 24.6. The van der Waals surface area contributed by atoms with Crippen molar-refractivity contribution in [1.29, 1.82) is 0 Å². The van der Waals surface area contributed by atoms with Crippen LogP contribution < -0.4 is 9.47 Å². The van der Waals surface area contributed by atoms with E-state index in [9.17, 15) is 27.9 Å². The van der Waals surface area contributed by atoms with Gasteiger partial charge in [0.1, 0.15) is 6.04 Å². The van der Waals surface area contributed by atoms with Gasteiger partial charge in [-0.05, 0) is 50.3 Å². The molecule has 1 aliphatic heterocycles. The molecule has 4 rings (SSSR count). The first-order chi connectivity index (χ1) is 19.6. The molecule has 2 aliphatic rings. The van der Waals surface area contributed by atoms with Gasteiger partial charge in [0.15, 0.2) is 0 Å². The number of nitrogens with zero attached hydrogens (tertiary/aromatic N) is 3. The van der Waals surface area contributed by atoms with Crippen LogP contribution in [-0.2, 0) is 27.1 Å². The lowest BCUT2D eigenvalue weighted by Crippen LogP contribution is -2.49. The Morgan fingerprint density at radius 1 is 1.14 bits per heavy atom. The number of rotatable bonds is 9. The van der Waals surface area contributed by atoms with Gasteiger partial charge in [-0.2, -0.15) is 13.2 Å². The fourth-order valence-electron chi connectivity index (χ4n) is 5.86. The number of carbonyl (C=O) groups excluding carboxylic acids is 1. The molecule has 2 aromatic rings. The van der Waals surface area contributed by atoms with Crippen LogP contribution in [0.5, 0.6) is 11.8 Å². The zero-order valence-electron chi connectivity index (χ0n) is 24.6. The molecule has 0 aromatic carbocycles. The van der Waals surface area contributed by atoms with Crippen molar-refractivity contribution in [3.05, 3.63) is 47.3 Å². The molecule has 4 atom stereocenters. The van der Waals surface area contributed by atoms with E-state index in [4.69, 9.17) is 14.2 Å². The lowest BCUT2D eigenvalue weighted by molar-refractivity contribution is -0.155.